The molecule has 0 spiro atoms. The van der Waals surface area contributed by atoms with Gasteiger partial charge in [0.05, 0.1) is 11.7 Å². The minimum Gasteiger partial charge on any atom is -0.268 e. The van der Waals surface area contributed by atoms with Crippen LogP contribution in [0.25, 0.3) is 22.3 Å². The molecule has 0 N–H and O–H groups in total. The molecule has 0 unspecified atom stereocenters. The molecule has 0 amide bonds. The number of fused-ring (bicyclic) bond motifs is 1. The smallest absolute Gasteiger partial charge is 0.159 e. The molecule has 0 fully saturated rings. The fourth-order valence-corrected chi connectivity index (χ4v) is 2.14. The minimum absolute atomic E-state index is 0.406. The third kappa shape index (κ3) is 2.10. The Hall–Kier alpha value is -2.23. The van der Waals surface area contributed by atoms with Crippen molar-refractivity contribution in [3.8, 4) is 11.4 Å². The van der Waals surface area contributed by atoms with Gasteiger partial charge in [0.25, 0.3) is 0 Å². The number of hydrogen-bond acceptors (Lipinski definition) is 3. The fourth-order valence-electron chi connectivity index (χ4n) is 2.14. The van der Waals surface area contributed by atoms with Gasteiger partial charge >= 0.3 is 0 Å². The summed E-state index contributed by atoms with van der Waals surface area (Å²) in [6.07, 6.45) is 3.69. The Morgan fingerprint density at radius 3 is 2.79 bits per heavy atom. The van der Waals surface area contributed by atoms with Gasteiger partial charge in [-0.1, -0.05) is 13.8 Å². The second-order valence-corrected chi connectivity index (χ2v) is 5.00. The van der Waals surface area contributed by atoms with Crippen LogP contribution in [-0.2, 0) is 7.05 Å². The normalized spacial score (nSPS) is 11.4. The topological polar surface area (TPSA) is 43.6 Å². The summed E-state index contributed by atoms with van der Waals surface area (Å²) in [4.78, 5) is 8.99. The Bertz CT molecular complexity index is 728. The Balaban J connectivity index is 2.10. The van der Waals surface area contributed by atoms with Crippen LogP contribution in [-0.4, -0.2) is 19.7 Å². The molecule has 2 heterocycles. The lowest BCUT2D eigenvalue weighted by Crippen LogP contribution is -1.96. The van der Waals surface area contributed by atoms with Crippen molar-refractivity contribution in [2.45, 2.75) is 19.8 Å². The molecule has 0 aliphatic rings. The van der Waals surface area contributed by atoms with Crippen LogP contribution < -0.4 is 0 Å². The average molecular weight is 252 g/mol. The lowest BCUT2D eigenvalue weighted by Gasteiger charge is -2.06. The van der Waals surface area contributed by atoms with Gasteiger partial charge in [0, 0.05) is 29.9 Å². The van der Waals surface area contributed by atoms with Crippen molar-refractivity contribution in [1.82, 2.24) is 19.7 Å². The molecule has 4 heteroatoms. The van der Waals surface area contributed by atoms with Crippen LogP contribution in [0.5, 0.6) is 0 Å². The molecule has 0 aliphatic heterocycles. The van der Waals surface area contributed by atoms with Gasteiger partial charge in [-0.05, 0) is 30.2 Å². The first-order valence-electron chi connectivity index (χ1n) is 6.40. The van der Waals surface area contributed by atoms with Gasteiger partial charge in [-0.25, -0.2) is 9.97 Å². The molecule has 0 aliphatic carbocycles. The van der Waals surface area contributed by atoms with Crippen molar-refractivity contribution in [2.24, 2.45) is 7.05 Å². The third-order valence-electron chi connectivity index (χ3n) is 3.27. The van der Waals surface area contributed by atoms with Crippen LogP contribution in [0.15, 0.2) is 36.7 Å². The molecule has 0 atom stereocenters. The molecule has 0 radical (unpaired) electrons. The summed E-state index contributed by atoms with van der Waals surface area (Å²) in [6.45, 7) is 4.27. The van der Waals surface area contributed by atoms with Crippen LogP contribution in [0, 0.1) is 0 Å². The second-order valence-electron chi connectivity index (χ2n) is 5.00. The first kappa shape index (κ1) is 11.8. The Morgan fingerprint density at radius 2 is 2.00 bits per heavy atom. The van der Waals surface area contributed by atoms with Crippen molar-refractivity contribution in [1.29, 1.82) is 0 Å². The van der Waals surface area contributed by atoms with Gasteiger partial charge in [-0.2, -0.15) is 5.10 Å². The number of rotatable bonds is 2. The van der Waals surface area contributed by atoms with Gasteiger partial charge in [-0.15, -0.1) is 0 Å². The van der Waals surface area contributed by atoms with Gasteiger partial charge in [0.2, 0.25) is 0 Å². The zero-order valence-electron chi connectivity index (χ0n) is 11.3. The molecule has 3 aromatic rings. The predicted octanol–water partition coefficient (Wildman–Crippen LogP) is 3.15. The molecule has 0 saturated heterocycles. The van der Waals surface area contributed by atoms with Gasteiger partial charge in [-0.3, -0.25) is 4.68 Å². The summed E-state index contributed by atoms with van der Waals surface area (Å²) in [6, 6.07) is 8.16. The summed E-state index contributed by atoms with van der Waals surface area (Å²) >= 11 is 0. The molecular weight excluding hydrogens is 236 g/mol. The molecular formula is C15H16N4. The van der Waals surface area contributed by atoms with Crippen molar-refractivity contribution < 1.29 is 0 Å². The van der Waals surface area contributed by atoms with E-state index in [2.05, 4.69) is 41.0 Å². The lowest BCUT2D eigenvalue weighted by molar-refractivity contribution is 0.797. The number of hydrogen-bond donors (Lipinski definition) is 0. The maximum Gasteiger partial charge on any atom is 0.159 e. The van der Waals surface area contributed by atoms with E-state index in [0.29, 0.717) is 5.92 Å². The Kier molecular flexibility index (Phi) is 2.78. The highest BCUT2D eigenvalue weighted by atomic mass is 15.2. The monoisotopic (exact) mass is 252 g/mol. The van der Waals surface area contributed by atoms with Gasteiger partial charge in [0.1, 0.15) is 0 Å². The van der Waals surface area contributed by atoms with E-state index in [4.69, 9.17) is 0 Å². The number of nitrogens with zero attached hydrogens (tertiary/aromatic N) is 4. The SMILES string of the molecule is CC(C)c1ccnc(-c2ccc3c(cnn3C)c2)n1. The Labute approximate surface area is 112 Å². The number of benzene rings is 1. The number of aromatic nitrogens is 4. The van der Waals surface area contributed by atoms with Crippen molar-refractivity contribution >= 4 is 10.9 Å². The highest BCUT2D eigenvalue weighted by molar-refractivity contribution is 5.83. The third-order valence-corrected chi connectivity index (χ3v) is 3.27. The van der Waals surface area contributed by atoms with E-state index < -0.39 is 0 Å². The van der Waals surface area contributed by atoms with E-state index in [1.807, 2.05) is 36.3 Å². The zero-order chi connectivity index (χ0) is 13.4. The van der Waals surface area contributed by atoms with Crippen molar-refractivity contribution in [2.75, 3.05) is 0 Å². The fraction of sp³-hybridized carbons (Fsp3) is 0.267. The summed E-state index contributed by atoms with van der Waals surface area (Å²) in [7, 11) is 1.94. The molecule has 96 valence electrons. The molecule has 19 heavy (non-hydrogen) atoms. The highest BCUT2D eigenvalue weighted by Gasteiger charge is 2.07. The van der Waals surface area contributed by atoms with Crippen molar-refractivity contribution in [3.63, 3.8) is 0 Å². The highest BCUT2D eigenvalue weighted by Crippen LogP contribution is 2.22. The minimum atomic E-state index is 0.406. The molecule has 4 nitrogen and oxygen atoms in total. The molecule has 3 rings (SSSR count). The van der Waals surface area contributed by atoms with Crippen LogP contribution >= 0.6 is 0 Å². The van der Waals surface area contributed by atoms with E-state index in [1.165, 1.54) is 0 Å². The predicted molar refractivity (Wildman–Crippen MR) is 75.8 cm³/mol. The van der Waals surface area contributed by atoms with Gasteiger partial charge in [0.15, 0.2) is 5.82 Å². The summed E-state index contributed by atoms with van der Waals surface area (Å²) < 4.78 is 1.87. The second kappa shape index (κ2) is 4.46. The van der Waals surface area contributed by atoms with Gasteiger partial charge < -0.3 is 0 Å². The van der Waals surface area contributed by atoms with E-state index in [-0.39, 0.29) is 0 Å². The quantitative estimate of drug-likeness (QED) is 0.703. The summed E-state index contributed by atoms with van der Waals surface area (Å²) in [5.41, 5.74) is 3.21. The first-order valence-corrected chi connectivity index (χ1v) is 6.40. The molecule has 0 saturated carbocycles. The van der Waals surface area contributed by atoms with E-state index in [1.54, 1.807) is 0 Å². The molecule has 2 aromatic heterocycles. The van der Waals surface area contributed by atoms with Crippen LogP contribution in [0.3, 0.4) is 0 Å². The maximum absolute atomic E-state index is 4.62. The van der Waals surface area contributed by atoms with Crippen LogP contribution in [0.1, 0.15) is 25.5 Å². The Morgan fingerprint density at radius 1 is 1.16 bits per heavy atom. The number of aryl methyl sites for hydroxylation is 1. The maximum atomic E-state index is 4.62. The van der Waals surface area contributed by atoms with Crippen LogP contribution in [0.2, 0.25) is 0 Å². The standard InChI is InChI=1S/C15H16N4/c1-10(2)13-6-7-16-15(18-13)11-4-5-14-12(8-11)9-17-19(14)3/h4-10H,1-3H3. The van der Waals surface area contributed by atoms with Crippen molar-refractivity contribution in [3.05, 3.63) is 42.4 Å². The summed E-state index contributed by atoms with van der Waals surface area (Å²) in [5.74, 6) is 1.18. The van der Waals surface area contributed by atoms with E-state index in [9.17, 15) is 0 Å². The summed E-state index contributed by atoms with van der Waals surface area (Å²) in [5, 5.41) is 5.36. The first-order chi connectivity index (χ1) is 9.15. The molecule has 1 aromatic carbocycles. The van der Waals surface area contributed by atoms with E-state index >= 15 is 0 Å². The van der Waals surface area contributed by atoms with Crippen LogP contribution in [0.4, 0.5) is 0 Å². The zero-order valence-corrected chi connectivity index (χ0v) is 11.3. The molecule has 0 bridgehead atoms. The largest absolute Gasteiger partial charge is 0.268 e. The van der Waals surface area contributed by atoms with E-state index in [0.717, 1.165) is 28.0 Å². The average Bonchev–Trinajstić information content (AvgIpc) is 2.80. The lowest BCUT2D eigenvalue weighted by atomic mass is 10.1.